The number of aromatic nitrogens is 2. The zero-order valence-electron chi connectivity index (χ0n) is 13.8. The quantitative estimate of drug-likeness (QED) is 0.362. The molecule has 0 amide bonds. The Balaban J connectivity index is 1.76. The van der Waals surface area contributed by atoms with Crippen molar-refractivity contribution in [2.45, 2.75) is 17.5 Å². The van der Waals surface area contributed by atoms with Crippen LogP contribution in [0.25, 0.3) is 10.9 Å². The first-order valence-electron chi connectivity index (χ1n) is 8.10. The summed E-state index contributed by atoms with van der Waals surface area (Å²) in [5.74, 6) is 0.176. The Kier molecular flexibility index (Phi) is 4.86. The van der Waals surface area contributed by atoms with Gasteiger partial charge in [0.25, 0.3) is 5.56 Å². The van der Waals surface area contributed by atoms with Crippen LogP contribution in [0.1, 0.15) is 10.4 Å². The molecule has 0 N–H and O–H groups in total. The van der Waals surface area contributed by atoms with E-state index < -0.39 is 0 Å². The lowest BCUT2D eigenvalue weighted by Crippen LogP contribution is -2.23. The van der Waals surface area contributed by atoms with Crippen LogP contribution in [0.3, 0.4) is 0 Å². The second-order valence-electron chi connectivity index (χ2n) is 5.76. The van der Waals surface area contributed by atoms with Gasteiger partial charge in [0.2, 0.25) is 0 Å². The van der Waals surface area contributed by atoms with Crippen LogP contribution in [0.15, 0.2) is 76.0 Å². The topological polar surface area (TPSA) is 34.9 Å². The standard InChI is InChI=1S/C20H15FN2OS2/c21-17-9-3-1-6-14(17)13-26-20-22-18-10-4-2-8-16(18)19(24)23(20)12-15-7-5-11-25-15/h1-11H,12-13H2. The Bertz CT molecular complexity index is 1110. The fourth-order valence-corrected chi connectivity index (χ4v) is 4.39. The number of rotatable bonds is 5. The highest BCUT2D eigenvalue weighted by atomic mass is 32.2. The number of hydrogen-bond acceptors (Lipinski definition) is 4. The normalized spacial score (nSPS) is 11.1. The molecule has 3 nitrogen and oxygen atoms in total. The minimum Gasteiger partial charge on any atom is -0.282 e. The van der Waals surface area contributed by atoms with Gasteiger partial charge in [-0.25, -0.2) is 9.37 Å². The third-order valence-corrected chi connectivity index (χ3v) is 5.92. The maximum Gasteiger partial charge on any atom is 0.262 e. The number of fused-ring (bicyclic) bond motifs is 1. The van der Waals surface area contributed by atoms with E-state index in [4.69, 9.17) is 0 Å². The lowest BCUT2D eigenvalue weighted by atomic mass is 10.2. The molecular weight excluding hydrogens is 367 g/mol. The van der Waals surface area contributed by atoms with Crippen LogP contribution in [0.5, 0.6) is 0 Å². The van der Waals surface area contributed by atoms with Crippen LogP contribution in [0.2, 0.25) is 0 Å². The molecule has 0 spiro atoms. The summed E-state index contributed by atoms with van der Waals surface area (Å²) in [6.07, 6.45) is 0. The molecule has 0 aliphatic rings. The second kappa shape index (κ2) is 7.43. The van der Waals surface area contributed by atoms with E-state index in [1.165, 1.54) is 17.8 Å². The summed E-state index contributed by atoms with van der Waals surface area (Å²) in [5.41, 5.74) is 1.19. The van der Waals surface area contributed by atoms with Crippen LogP contribution in [-0.2, 0) is 12.3 Å². The Labute approximate surface area is 158 Å². The summed E-state index contributed by atoms with van der Waals surface area (Å²) in [4.78, 5) is 18.7. The van der Waals surface area contributed by atoms with Crippen LogP contribution in [0, 0.1) is 5.82 Å². The SMILES string of the molecule is O=c1c2ccccc2nc(SCc2ccccc2F)n1Cc1cccs1. The molecule has 0 saturated heterocycles. The minimum atomic E-state index is -0.243. The monoisotopic (exact) mass is 382 g/mol. The van der Waals surface area contributed by atoms with Gasteiger partial charge in [0, 0.05) is 10.6 Å². The zero-order chi connectivity index (χ0) is 17.9. The van der Waals surface area contributed by atoms with Gasteiger partial charge < -0.3 is 0 Å². The number of nitrogens with zero attached hydrogens (tertiary/aromatic N) is 2. The van der Waals surface area contributed by atoms with Crippen molar-refractivity contribution < 1.29 is 4.39 Å². The Morgan fingerprint density at radius 2 is 1.85 bits per heavy atom. The number of halogens is 1. The van der Waals surface area contributed by atoms with Crippen LogP contribution >= 0.6 is 23.1 Å². The fraction of sp³-hybridized carbons (Fsp3) is 0.100. The Hall–Kier alpha value is -2.44. The minimum absolute atomic E-state index is 0.0694. The third-order valence-electron chi connectivity index (χ3n) is 4.04. The summed E-state index contributed by atoms with van der Waals surface area (Å²) < 4.78 is 15.6. The smallest absolute Gasteiger partial charge is 0.262 e. The maximum absolute atomic E-state index is 13.9. The predicted octanol–water partition coefficient (Wildman–Crippen LogP) is 4.94. The Morgan fingerprint density at radius 3 is 2.65 bits per heavy atom. The molecule has 4 aromatic rings. The molecule has 2 aromatic heterocycles. The van der Waals surface area contributed by atoms with Crippen molar-refractivity contribution in [1.29, 1.82) is 0 Å². The summed E-state index contributed by atoms with van der Waals surface area (Å²) in [6, 6.07) is 18.0. The maximum atomic E-state index is 13.9. The molecule has 0 aliphatic heterocycles. The summed E-state index contributed by atoms with van der Waals surface area (Å²) in [6.45, 7) is 0.466. The van der Waals surface area contributed by atoms with E-state index in [1.807, 2.05) is 41.8 Å². The van der Waals surface area contributed by atoms with Crippen LogP contribution < -0.4 is 5.56 Å². The van der Waals surface area contributed by atoms with E-state index in [0.717, 1.165) is 4.88 Å². The van der Waals surface area contributed by atoms with E-state index in [-0.39, 0.29) is 11.4 Å². The molecule has 130 valence electrons. The summed E-state index contributed by atoms with van der Waals surface area (Å²) >= 11 is 2.98. The third kappa shape index (κ3) is 3.43. The van der Waals surface area contributed by atoms with Crippen LogP contribution in [-0.4, -0.2) is 9.55 Å². The molecule has 0 atom stereocenters. The first-order chi connectivity index (χ1) is 12.7. The highest BCUT2D eigenvalue weighted by Gasteiger charge is 2.13. The largest absolute Gasteiger partial charge is 0.282 e. The number of thiophene rings is 1. The molecule has 2 aromatic carbocycles. The van der Waals surface area contributed by atoms with Gasteiger partial charge in [0.05, 0.1) is 17.4 Å². The van der Waals surface area contributed by atoms with Crippen molar-refractivity contribution in [3.05, 3.63) is 92.7 Å². The van der Waals surface area contributed by atoms with Gasteiger partial charge in [-0.2, -0.15) is 0 Å². The molecule has 0 saturated carbocycles. The second-order valence-corrected chi connectivity index (χ2v) is 7.74. The highest BCUT2D eigenvalue weighted by molar-refractivity contribution is 7.98. The molecule has 6 heteroatoms. The number of thioether (sulfide) groups is 1. The molecule has 4 rings (SSSR count). The molecule has 0 radical (unpaired) electrons. The number of para-hydroxylation sites is 1. The van der Waals surface area contributed by atoms with E-state index >= 15 is 0 Å². The van der Waals surface area contributed by atoms with Crippen LogP contribution in [0.4, 0.5) is 4.39 Å². The molecule has 0 aliphatic carbocycles. The van der Waals surface area contributed by atoms with Crippen molar-refractivity contribution >= 4 is 34.0 Å². The number of benzene rings is 2. The lowest BCUT2D eigenvalue weighted by molar-refractivity contribution is 0.617. The van der Waals surface area contributed by atoms with E-state index in [0.29, 0.717) is 33.9 Å². The molecule has 0 bridgehead atoms. The van der Waals surface area contributed by atoms with Gasteiger partial charge in [0.1, 0.15) is 5.82 Å². The van der Waals surface area contributed by atoms with Gasteiger partial charge >= 0.3 is 0 Å². The predicted molar refractivity (Wildman–Crippen MR) is 105 cm³/mol. The van der Waals surface area contributed by atoms with E-state index in [1.54, 1.807) is 34.1 Å². The first-order valence-corrected chi connectivity index (χ1v) is 9.97. The average Bonchev–Trinajstić information content (AvgIpc) is 3.17. The van der Waals surface area contributed by atoms with Gasteiger partial charge in [-0.05, 0) is 35.2 Å². The van der Waals surface area contributed by atoms with Gasteiger partial charge in [0.15, 0.2) is 5.16 Å². The Morgan fingerprint density at radius 1 is 1.04 bits per heavy atom. The lowest BCUT2D eigenvalue weighted by Gasteiger charge is -2.12. The highest BCUT2D eigenvalue weighted by Crippen LogP contribution is 2.24. The van der Waals surface area contributed by atoms with Gasteiger partial charge in [-0.15, -0.1) is 11.3 Å². The molecule has 0 unspecified atom stereocenters. The van der Waals surface area contributed by atoms with Crippen molar-refractivity contribution in [2.24, 2.45) is 0 Å². The number of hydrogen-bond donors (Lipinski definition) is 0. The van der Waals surface area contributed by atoms with E-state index in [9.17, 15) is 9.18 Å². The summed E-state index contributed by atoms with van der Waals surface area (Å²) in [7, 11) is 0. The zero-order valence-corrected chi connectivity index (χ0v) is 15.4. The summed E-state index contributed by atoms with van der Waals surface area (Å²) in [5, 5.41) is 3.19. The molecular formula is C20H15FN2OS2. The van der Waals surface area contributed by atoms with Crippen molar-refractivity contribution in [2.75, 3.05) is 0 Å². The molecule has 0 fully saturated rings. The van der Waals surface area contributed by atoms with E-state index in [2.05, 4.69) is 4.98 Å². The van der Waals surface area contributed by atoms with Crippen molar-refractivity contribution in [3.8, 4) is 0 Å². The average molecular weight is 382 g/mol. The first kappa shape index (κ1) is 17.0. The molecule has 2 heterocycles. The van der Waals surface area contributed by atoms with Gasteiger partial charge in [-0.3, -0.25) is 9.36 Å². The van der Waals surface area contributed by atoms with Crippen molar-refractivity contribution in [1.82, 2.24) is 9.55 Å². The fourth-order valence-electron chi connectivity index (χ4n) is 2.71. The molecule has 26 heavy (non-hydrogen) atoms. The van der Waals surface area contributed by atoms with Gasteiger partial charge in [-0.1, -0.05) is 48.2 Å². The van der Waals surface area contributed by atoms with Crippen molar-refractivity contribution in [3.63, 3.8) is 0 Å².